The maximum absolute atomic E-state index is 11.8. The molecule has 1 saturated heterocycles. The summed E-state index contributed by atoms with van der Waals surface area (Å²) in [6.07, 6.45) is 0.960. The maximum atomic E-state index is 11.8. The minimum atomic E-state index is -0.880. The van der Waals surface area contributed by atoms with E-state index in [9.17, 15) is 14.7 Å². The normalized spacial score (nSPS) is 22.6. The molecule has 23 heavy (non-hydrogen) atoms. The van der Waals surface area contributed by atoms with E-state index in [1.54, 1.807) is 0 Å². The molecule has 1 heterocycles. The van der Waals surface area contributed by atoms with Crippen LogP contribution in [0.2, 0.25) is 0 Å². The molecule has 1 N–H and O–H groups in total. The first-order valence-corrected chi connectivity index (χ1v) is 7.72. The molecule has 0 bridgehead atoms. The molecule has 3 rings (SSSR count). The summed E-state index contributed by atoms with van der Waals surface area (Å²) in [5.74, 6) is -1.02. The summed E-state index contributed by atoms with van der Waals surface area (Å²) in [6, 6.07) is 18.3. The molecule has 0 aliphatic carbocycles. The van der Waals surface area contributed by atoms with E-state index in [1.807, 2.05) is 65.6 Å². The highest BCUT2D eigenvalue weighted by molar-refractivity contribution is 5.76. The quantitative estimate of drug-likeness (QED) is 0.863. The first kappa shape index (κ1) is 15.4. The van der Waals surface area contributed by atoms with Crippen LogP contribution in [0.5, 0.6) is 0 Å². The van der Waals surface area contributed by atoms with Crippen LogP contribution in [-0.4, -0.2) is 35.4 Å². The van der Waals surface area contributed by atoms with Crippen molar-refractivity contribution in [2.75, 3.05) is 13.1 Å². The third-order valence-corrected chi connectivity index (χ3v) is 4.51. The van der Waals surface area contributed by atoms with E-state index in [-0.39, 0.29) is 11.8 Å². The molecular weight excluding hydrogens is 290 g/mol. The van der Waals surface area contributed by atoms with E-state index in [0.29, 0.717) is 13.1 Å². The highest BCUT2D eigenvalue weighted by Gasteiger charge is 2.39. The molecule has 1 fully saturated rings. The second-order valence-electron chi connectivity index (χ2n) is 5.92. The highest BCUT2D eigenvalue weighted by Crippen LogP contribution is 2.36. The van der Waals surface area contributed by atoms with Crippen LogP contribution in [0.1, 0.15) is 23.1 Å². The number of nitrogens with zero attached hydrogens (tertiary/aromatic N) is 1. The zero-order chi connectivity index (χ0) is 16.2. The Morgan fingerprint density at radius 2 is 1.65 bits per heavy atom. The molecule has 4 nitrogen and oxygen atoms in total. The van der Waals surface area contributed by atoms with Crippen molar-refractivity contribution in [3.63, 3.8) is 0 Å². The molecule has 118 valence electrons. The Hall–Kier alpha value is -2.46. The lowest BCUT2D eigenvalue weighted by atomic mass is 9.90. The van der Waals surface area contributed by atoms with Gasteiger partial charge in [-0.2, -0.15) is 0 Å². The maximum Gasteiger partial charge on any atom is 0.325 e. The van der Waals surface area contributed by atoms with E-state index in [2.05, 4.69) is 0 Å². The van der Waals surface area contributed by atoms with Crippen LogP contribution in [0.25, 0.3) is 0 Å². The summed E-state index contributed by atoms with van der Waals surface area (Å²) in [4.78, 5) is 25.2. The first-order valence-electron chi connectivity index (χ1n) is 7.72. The number of hydrogen-bond acceptors (Lipinski definition) is 3. The molecule has 0 aromatic heterocycles. The van der Waals surface area contributed by atoms with Gasteiger partial charge in [0.05, 0.1) is 0 Å². The van der Waals surface area contributed by atoms with Gasteiger partial charge in [-0.15, -0.1) is 0 Å². The van der Waals surface area contributed by atoms with Gasteiger partial charge in [-0.05, 0) is 11.1 Å². The Balaban J connectivity index is 1.88. The molecule has 0 spiro atoms. The fourth-order valence-corrected chi connectivity index (χ4v) is 3.41. The molecule has 0 radical (unpaired) electrons. The minimum Gasteiger partial charge on any atom is -0.480 e. The van der Waals surface area contributed by atoms with E-state index in [0.717, 1.165) is 17.4 Å². The number of likely N-dealkylation sites (tertiary alicyclic amines) is 1. The van der Waals surface area contributed by atoms with Gasteiger partial charge < -0.3 is 9.90 Å². The van der Waals surface area contributed by atoms with Gasteiger partial charge in [0.2, 0.25) is 0 Å². The number of benzene rings is 2. The molecular formula is C19H19NO3. The molecule has 3 atom stereocenters. The fraction of sp³-hybridized carbons (Fsp3) is 0.263. The zero-order valence-corrected chi connectivity index (χ0v) is 12.7. The number of hydrogen-bond donors (Lipinski definition) is 1. The van der Waals surface area contributed by atoms with Gasteiger partial charge in [0.15, 0.2) is 0 Å². The van der Waals surface area contributed by atoms with Crippen LogP contribution in [0, 0.1) is 5.92 Å². The summed E-state index contributed by atoms with van der Waals surface area (Å²) >= 11 is 0. The van der Waals surface area contributed by atoms with E-state index in [1.165, 1.54) is 0 Å². The Morgan fingerprint density at radius 1 is 1.04 bits per heavy atom. The van der Waals surface area contributed by atoms with Crippen LogP contribution in [-0.2, 0) is 9.59 Å². The average molecular weight is 309 g/mol. The summed E-state index contributed by atoms with van der Waals surface area (Å²) in [5.41, 5.74) is 1.84. The van der Waals surface area contributed by atoms with E-state index in [4.69, 9.17) is 0 Å². The molecule has 1 aliphatic rings. The van der Waals surface area contributed by atoms with Crippen LogP contribution >= 0.6 is 0 Å². The topological polar surface area (TPSA) is 57.6 Å². The molecule has 4 heteroatoms. The molecule has 1 aliphatic heterocycles. The number of aliphatic carboxylic acids is 1. The van der Waals surface area contributed by atoms with Crippen molar-refractivity contribution < 1.29 is 14.7 Å². The van der Waals surface area contributed by atoms with Gasteiger partial charge in [0.25, 0.3) is 0 Å². The van der Waals surface area contributed by atoms with Crippen molar-refractivity contribution in [1.29, 1.82) is 0 Å². The molecule has 0 amide bonds. The molecule has 2 aromatic carbocycles. The van der Waals surface area contributed by atoms with Crippen molar-refractivity contribution in [3.05, 3.63) is 71.8 Å². The Bertz CT molecular complexity index is 672. The molecule has 2 aromatic rings. The van der Waals surface area contributed by atoms with Crippen LogP contribution in [0.3, 0.4) is 0 Å². The monoisotopic (exact) mass is 309 g/mol. The van der Waals surface area contributed by atoms with Crippen LogP contribution in [0.15, 0.2) is 60.7 Å². The van der Waals surface area contributed by atoms with Gasteiger partial charge in [-0.1, -0.05) is 60.7 Å². The molecule has 1 unspecified atom stereocenters. The van der Waals surface area contributed by atoms with Crippen molar-refractivity contribution in [3.8, 4) is 0 Å². The summed E-state index contributed by atoms with van der Waals surface area (Å²) < 4.78 is 0. The van der Waals surface area contributed by atoms with E-state index < -0.39 is 12.0 Å². The van der Waals surface area contributed by atoms with Crippen LogP contribution < -0.4 is 0 Å². The van der Waals surface area contributed by atoms with Crippen molar-refractivity contribution in [1.82, 2.24) is 4.90 Å². The fourth-order valence-electron chi connectivity index (χ4n) is 3.41. The average Bonchev–Trinajstić information content (AvgIpc) is 3.00. The lowest BCUT2D eigenvalue weighted by molar-refractivity contribution is -0.143. The zero-order valence-electron chi connectivity index (χ0n) is 12.7. The smallest absolute Gasteiger partial charge is 0.325 e. The largest absolute Gasteiger partial charge is 0.480 e. The number of carbonyl (C=O) groups excluding carboxylic acids is 1. The van der Waals surface area contributed by atoms with E-state index >= 15 is 0 Å². The predicted octanol–water partition coefficient (Wildman–Crippen LogP) is 2.73. The highest BCUT2D eigenvalue weighted by atomic mass is 16.4. The Kier molecular flexibility index (Phi) is 4.53. The van der Waals surface area contributed by atoms with Crippen LogP contribution in [0.4, 0.5) is 0 Å². The first-order chi connectivity index (χ1) is 11.2. The third kappa shape index (κ3) is 3.17. The molecule has 0 saturated carbocycles. The van der Waals surface area contributed by atoms with Crippen molar-refractivity contribution >= 4 is 12.3 Å². The van der Waals surface area contributed by atoms with Gasteiger partial charge in [-0.3, -0.25) is 9.69 Å². The van der Waals surface area contributed by atoms with Crippen molar-refractivity contribution in [2.45, 2.75) is 12.0 Å². The van der Waals surface area contributed by atoms with Gasteiger partial charge in [0, 0.05) is 24.9 Å². The lowest BCUT2D eigenvalue weighted by Gasteiger charge is -2.24. The minimum absolute atomic E-state index is 0.0410. The summed E-state index contributed by atoms with van der Waals surface area (Å²) in [5, 5.41) is 9.67. The second kappa shape index (κ2) is 6.75. The number of carbonyl (C=O) groups is 2. The SMILES string of the molecule is O=C[C@H]1CN(C(C(=O)O)c2ccccc2)C[C@@H]1c1ccccc1. The number of rotatable bonds is 5. The summed E-state index contributed by atoms with van der Waals surface area (Å²) in [7, 11) is 0. The predicted molar refractivity (Wildman–Crippen MR) is 87.1 cm³/mol. The Labute approximate surface area is 135 Å². The standard InChI is InChI=1S/C19H19NO3/c21-13-16-11-20(12-17(16)14-7-3-1-4-8-14)18(19(22)23)15-9-5-2-6-10-15/h1-10,13,16-18H,11-12H2,(H,22,23)/t16-,17-,18?/m1/s1. The summed E-state index contributed by atoms with van der Waals surface area (Å²) in [6.45, 7) is 1.04. The lowest BCUT2D eigenvalue weighted by Crippen LogP contribution is -2.32. The van der Waals surface area contributed by atoms with Crippen molar-refractivity contribution in [2.24, 2.45) is 5.92 Å². The number of carboxylic acids is 1. The Morgan fingerprint density at radius 3 is 2.22 bits per heavy atom. The number of carboxylic acid groups (broad SMARTS) is 1. The van der Waals surface area contributed by atoms with Gasteiger partial charge in [0.1, 0.15) is 12.3 Å². The number of aldehydes is 1. The third-order valence-electron chi connectivity index (χ3n) is 4.51. The van der Waals surface area contributed by atoms with Gasteiger partial charge >= 0.3 is 5.97 Å². The second-order valence-corrected chi connectivity index (χ2v) is 5.92. The van der Waals surface area contributed by atoms with Gasteiger partial charge in [-0.25, -0.2) is 0 Å².